The van der Waals surface area contributed by atoms with Crippen molar-refractivity contribution < 1.29 is 0 Å². The topological polar surface area (TPSA) is 53.1 Å². The number of rotatable bonds is 3. The van der Waals surface area contributed by atoms with Crippen molar-refractivity contribution in [3.05, 3.63) is 29.9 Å². The lowest BCUT2D eigenvalue weighted by Gasteiger charge is -2.28. The van der Waals surface area contributed by atoms with Crippen LogP contribution in [0.15, 0.2) is 29.9 Å². The molecule has 3 rings (SSSR count). The van der Waals surface area contributed by atoms with Crippen LogP contribution >= 0.6 is 11.3 Å². The summed E-state index contributed by atoms with van der Waals surface area (Å²) in [5, 5.41) is 9.76. The van der Waals surface area contributed by atoms with Gasteiger partial charge in [0.1, 0.15) is 18.0 Å². The smallest absolute Gasteiger partial charge is 0.136 e. The van der Waals surface area contributed by atoms with E-state index >= 15 is 0 Å². The summed E-state index contributed by atoms with van der Waals surface area (Å²) in [6.45, 7) is 4.01. The van der Waals surface area contributed by atoms with Crippen molar-refractivity contribution in [2.24, 2.45) is 0 Å². The van der Waals surface area contributed by atoms with Crippen LogP contribution in [0.25, 0.3) is 0 Å². The fraction of sp³-hybridized carbons (Fsp3) is 0.333. The molecule has 1 aliphatic heterocycles. The van der Waals surface area contributed by atoms with E-state index in [0.717, 1.165) is 42.8 Å². The van der Waals surface area contributed by atoms with Crippen molar-refractivity contribution in [2.75, 3.05) is 36.4 Å². The van der Waals surface area contributed by atoms with Crippen LogP contribution < -0.4 is 15.5 Å². The van der Waals surface area contributed by atoms with Gasteiger partial charge in [-0.25, -0.2) is 9.97 Å². The van der Waals surface area contributed by atoms with Gasteiger partial charge in [0.05, 0.1) is 5.00 Å². The molecule has 0 atom stereocenters. The maximum absolute atomic E-state index is 4.34. The highest BCUT2D eigenvalue weighted by molar-refractivity contribution is 7.14. The summed E-state index contributed by atoms with van der Waals surface area (Å²) in [7, 11) is 0. The summed E-state index contributed by atoms with van der Waals surface area (Å²) in [5.41, 5.74) is 0. The molecule has 1 fully saturated rings. The highest BCUT2D eigenvalue weighted by atomic mass is 32.1. The molecule has 94 valence electrons. The molecular formula is C12H15N5S. The number of hydrogen-bond donors (Lipinski definition) is 2. The minimum absolute atomic E-state index is 0.848. The van der Waals surface area contributed by atoms with E-state index < -0.39 is 0 Å². The van der Waals surface area contributed by atoms with Gasteiger partial charge in [-0.1, -0.05) is 0 Å². The van der Waals surface area contributed by atoms with Crippen LogP contribution in [-0.4, -0.2) is 36.1 Å². The summed E-state index contributed by atoms with van der Waals surface area (Å²) in [5.74, 6) is 1.84. The molecule has 2 N–H and O–H groups in total. The van der Waals surface area contributed by atoms with Crippen LogP contribution in [0.4, 0.5) is 16.6 Å². The molecule has 0 spiro atoms. The number of anilines is 3. The first-order valence-electron chi connectivity index (χ1n) is 6.00. The molecule has 2 aromatic heterocycles. The Bertz CT molecular complexity index is 493. The number of nitrogens with one attached hydrogen (secondary N) is 2. The Labute approximate surface area is 110 Å². The third kappa shape index (κ3) is 2.60. The van der Waals surface area contributed by atoms with E-state index in [2.05, 4.69) is 25.5 Å². The molecule has 0 aromatic carbocycles. The third-order valence-electron chi connectivity index (χ3n) is 2.87. The zero-order valence-corrected chi connectivity index (χ0v) is 10.8. The van der Waals surface area contributed by atoms with Crippen LogP contribution in [0, 0.1) is 0 Å². The molecule has 5 nitrogen and oxygen atoms in total. The van der Waals surface area contributed by atoms with Crippen LogP contribution in [0.2, 0.25) is 0 Å². The zero-order chi connectivity index (χ0) is 12.2. The fourth-order valence-corrected chi connectivity index (χ4v) is 2.58. The van der Waals surface area contributed by atoms with Crippen LogP contribution in [0.5, 0.6) is 0 Å². The molecule has 18 heavy (non-hydrogen) atoms. The highest BCUT2D eigenvalue weighted by Crippen LogP contribution is 2.22. The average Bonchev–Trinajstić information content (AvgIpc) is 2.93. The number of piperazine rings is 1. The lowest BCUT2D eigenvalue weighted by molar-refractivity contribution is 0.584. The molecule has 1 aliphatic rings. The van der Waals surface area contributed by atoms with Crippen molar-refractivity contribution in [2.45, 2.75) is 0 Å². The number of nitrogens with zero attached hydrogens (tertiary/aromatic N) is 3. The molecule has 0 saturated carbocycles. The molecule has 2 aromatic rings. The number of thiophene rings is 1. The molecule has 6 heteroatoms. The lowest BCUT2D eigenvalue weighted by Crippen LogP contribution is -2.43. The zero-order valence-electron chi connectivity index (χ0n) is 9.97. The molecule has 1 saturated heterocycles. The number of hydrogen-bond acceptors (Lipinski definition) is 6. The van der Waals surface area contributed by atoms with Crippen molar-refractivity contribution >= 4 is 28.0 Å². The van der Waals surface area contributed by atoms with Gasteiger partial charge in [0, 0.05) is 32.2 Å². The van der Waals surface area contributed by atoms with Crippen LogP contribution in [0.1, 0.15) is 0 Å². The predicted molar refractivity (Wildman–Crippen MR) is 74.7 cm³/mol. The van der Waals surface area contributed by atoms with Gasteiger partial charge in [-0.05, 0) is 17.5 Å². The second-order valence-electron chi connectivity index (χ2n) is 4.10. The second kappa shape index (κ2) is 5.32. The molecule has 3 heterocycles. The Morgan fingerprint density at radius 3 is 2.94 bits per heavy atom. The minimum Gasteiger partial charge on any atom is -0.354 e. The summed E-state index contributed by atoms with van der Waals surface area (Å²) < 4.78 is 0. The van der Waals surface area contributed by atoms with E-state index in [0.29, 0.717) is 0 Å². The van der Waals surface area contributed by atoms with E-state index in [4.69, 9.17) is 0 Å². The first-order chi connectivity index (χ1) is 8.92. The normalized spacial score (nSPS) is 15.7. The second-order valence-corrected chi connectivity index (χ2v) is 5.05. The van der Waals surface area contributed by atoms with E-state index in [1.165, 1.54) is 0 Å². The Morgan fingerprint density at radius 1 is 1.28 bits per heavy atom. The van der Waals surface area contributed by atoms with Crippen LogP contribution in [-0.2, 0) is 0 Å². The van der Waals surface area contributed by atoms with Gasteiger partial charge >= 0.3 is 0 Å². The van der Waals surface area contributed by atoms with Crippen LogP contribution in [0.3, 0.4) is 0 Å². The van der Waals surface area contributed by atoms with E-state index in [9.17, 15) is 0 Å². The Morgan fingerprint density at radius 2 is 2.17 bits per heavy atom. The molecular weight excluding hydrogens is 246 g/mol. The Hall–Kier alpha value is -1.66. The first kappa shape index (κ1) is 11.4. The monoisotopic (exact) mass is 261 g/mol. The molecule has 0 aliphatic carbocycles. The van der Waals surface area contributed by atoms with Gasteiger partial charge in [-0.3, -0.25) is 0 Å². The first-order valence-corrected chi connectivity index (χ1v) is 6.88. The maximum atomic E-state index is 4.34. The largest absolute Gasteiger partial charge is 0.354 e. The average molecular weight is 261 g/mol. The van der Waals surface area contributed by atoms with Crippen molar-refractivity contribution in [1.82, 2.24) is 15.3 Å². The summed E-state index contributed by atoms with van der Waals surface area (Å²) >= 11 is 1.66. The lowest BCUT2D eigenvalue weighted by atomic mass is 10.3. The van der Waals surface area contributed by atoms with Crippen molar-refractivity contribution in [3.63, 3.8) is 0 Å². The van der Waals surface area contributed by atoms with Gasteiger partial charge in [-0.15, -0.1) is 11.3 Å². The molecule has 0 radical (unpaired) electrons. The quantitative estimate of drug-likeness (QED) is 0.880. The Balaban J connectivity index is 1.76. The van der Waals surface area contributed by atoms with E-state index in [1.54, 1.807) is 17.7 Å². The minimum atomic E-state index is 0.848. The molecule has 0 unspecified atom stereocenters. The highest BCUT2D eigenvalue weighted by Gasteiger charge is 2.12. The summed E-state index contributed by atoms with van der Waals surface area (Å²) in [6.07, 6.45) is 1.62. The number of aromatic nitrogens is 2. The SMILES string of the molecule is c1csc(Nc2cc(N3CCNCC3)ncn2)c1. The Kier molecular flexibility index (Phi) is 3.38. The van der Waals surface area contributed by atoms with Gasteiger partial charge in [0.25, 0.3) is 0 Å². The van der Waals surface area contributed by atoms with Gasteiger partial charge in [-0.2, -0.15) is 0 Å². The van der Waals surface area contributed by atoms with Crippen molar-refractivity contribution in [1.29, 1.82) is 0 Å². The van der Waals surface area contributed by atoms with E-state index in [-0.39, 0.29) is 0 Å². The third-order valence-corrected chi connectivity index (χ3v) is 3.65. The standard InChI is InChI=1S/C12H15N5S/c1-2-12(18-7-1)16-10-8-11(15-9-14-10)17-5-3-13-4-6-17/h1-2,7-9,13H,3-6H2,(H,14,15,16). The van der Waals surface area contributed by atoms with Gasteiger partial charge in [0.15, 0.2) is 0 Å². The maximum Gasteiger partial charge on any atom is 0.136 e. The van der Waals surface area contributed by atoms with Gasteiger partial charge < -0.3 is 15.5 Å². The fourth-order valence-electron chi connectivity index (χ4n) is 1.96. The molecule has 0 bridgehead atoms. The van der Waals surface area contributed by atoms with E-state index in [1.807, 2.05) is 23.6 Å². The van der Waals surface area contributed by atoms with Crippen molar-refractivity contribution in [3.8, 4) is 0 Å². The summed E-state index contributed by atoms with van der Waals surface area (Å²) in [4.78, 5) is 10.9. The predicted octanol–water partition coefficient (Wildman–Crippen LogP) is 1.69. The molecule has 0 amide bonds. The summed E-state index contributed by atoms with van der Waals surface area (Å²) in [6, 6.07) is 6.06. The van der Waals surface area contributed by atoms with Gasteiger partial charge in [0.2, 0.25) is 0 Å².